The molecule has 2 aliphatic rings. The minimum atomic E-state index is -0.977. The van der Waals surface area contributed by atoms with Crippen LogP contribution in [0.1, 0.15) is 60.1 Å². The largest absolute Gasteiger partial charge is 0.454 e. The van der Waals surface area contributed by atoms with Crippen molar-refractivity contribution < 1.29 is 28.8 Å². The third-order valence-electron chi connectivity index (χ3n) is 3.81. The van der Waals surface area contributed by atoms with Gasteiger partial charge in [-0.3, -0.25) is 4.79 Å². The van der Waals surface area contributed by atoms with Gasteiger partial charge in [-0.15, -0.1) is 0 Å². The summed E-state index contributed by atoms with van der Waals surface area (Å²) in [6.45, 7) is 9.08. The fraction of sp³-hybridized carbons (Fsp3) is 0.632. The molecule has 142 valence electrons. The number of benzene rings is 1. The first-order valence-corrected chi connectivity index (χ1v) is 8.29. The van der Waals surface area contributed by atoms with E-state index in [4.69, 9.17) is 18.9 Å². The van der Waals surface area contributed by atoms with Gasteiger partial charge in [-0.1, -0.05) is 27.3 Å². The maximum absolute atomic E-state index is 11.7. The molecule has 2 aliphatic heterocycles. The average molecular weight is 354 g/mol. The molecule has 0 bridgehead atoms. The lowest BCUT2D eigenvalue weighted by molar-refractivity contribution is -0.244. The summed E-state index contributed by atoms with van der Waals surface area (Å²) >= 11 is 0. The van der Waals surface area contributed by atoms with Gasteiger partial charge in [0.1, 0.15) is 6.10 Å². The van der Waals surface area contributed by atoms with Gasteiger partial charge in [0.25, 0.3) is 0 Å². The van der Waals surface area contributed by atoms with E-state index in [0.29, 0.717) is 11.5 Å². The summed E-state index contributed by atoms with van der Waals surface area (Å²) in [6.07, 6.45) is -1.93. The van der Waals surface area contributed by atoms with Crippen LogP contribution in [0.5, 0.6) is 11.5 Å². The van der Waals surface area contributed by atoms with Crippen LogP contribution in [0, 0.1) is 0 Å². The Morgan fingerprint density at radius 2 is 1.80 bits per heavy atom. The Morgan fingerprint density at radius 1 is 1.16 bits per heavy atom. The Balaban J connectivity index is 0.00000101. The highest BCUT2D eigenvalue weighted by Gasteiger charge is 2.40. The number of carbonyl (C=O) groups excluding carboxylic acids is 1. The monoisotopic (exact) mass is 354 g/mol. The van der Waals surface area contributed by atoms with Gasteiger partial charge in [0, 0.05) is 6.42 Å². The second-order valence-corrected chi connectivity index (χ2v) is 6.07. The molecule has 6 nitrogen and oxygen atoms in total. The number of carbonyl (C=O) groups is 1. The van der Waals surface area contributed by atoms with Gasteiger partial charge in [-0.2, -0.15) is 0 Å². The third-order valence-corrected chi connectivity index (χ3v) is 3.81. The summed E-state index contributed by atoms with van der Waals surface area (Å²) in [6, 6.07) is 5.52. The smallest absolute Gasteiger partial charge is 0.231 e. The molecule has 1 aromatic carbocycles. The average Bonchev–Trinajstić information content (AvgIpc) is 2.96. The van der Waals surface area contributed by atoms with Crippen LogP contribution in [0.4, 0.5) is 0 Å². The molecule has 0 aromatic heterocycles. The van der Waals surface area contributed by atoms with Crippen molar-refractivity contribution in [1.82, 2.24) is 0 Å². The van der Waals surface area contributed by atoms with E-state index in [-0.39, 0.29) is 26.4 Å². The van der Waals surface area contributed by atoms with E-state index in [1.807, 2.05) is 32.0 Å². The number of hydrogen-bond acceptors (Lipinski definition) is 6. The number of aliphatic hydroxyl groups excluding tert-OH is 1. The van der Waals surface area contributed by atoms with Crippen molar-refractivity contribution in [2.45, 2.75) is 72.6 Å². The van der Waals surface area contributed by atoms with Gasteiger partial charge < -0.3 is 24.1 Å². The maximum atomic E-state index is 11.7. The lowest BCUT2D eigenvalue weighted by Gasteiger charge is -2.29. The molecule has 1 fully saturated rings. The van der Waals surface area contributed by atoms with Gasteiger partial charge in [0.05, 0.1) is 12.2 Å². The zero-order chi connectivity index (χ0) is 17.9. The van der Waals surface area contributed by atoms with E-state index in [2.05, 4.69) is 0 Å². The number of hydrogen-bond donors (Lipinski definition) is 1. The number of rotatable bonds is 2. The first kappa shape index (κ1) is 21.4. The predicted octanol–water partition coefficient (Wildman–Crippen LogP) is 3.61. The van der Waals surface area contributed by atoms with E-state index in [0.717, 1.165) is 5.56 Å². The maximum Gasteiger partial charge on any atom is 0.231 e. The molecule has 0 spiro atoms. The number of ether oxygens (including phenoxy) is 4. The van der Waals surface area contributed by atoms with E-state index < -0.39 is 24.1 Å². The molecular formula is C19H30O6. The van der Waals surface area contributed by atoms with Gasteiger partial charge in [-0.05, 0) is 38.5 Å². The second kappa shape index (κ2) is 8.65. The highest BCUT2D eigenvalue weighted by molar-refractivity contribution is 5.81. The van der Waals surface area contributed by atoms with E-state index in [1.165, 1.54) is 6.92 Å². The van der Waals surface area contributed by atoms with Gasteiger partial charge in [0.15, 0.2) is 23.1 Å². The highest BCUT2D eigenvalue weighted by atomic mass is 16.7. The van der Waals surface area contributed by atoms with E-state index in [1.54, 1.807) is 13.8 Å². The predicted molar refractivity (Wildman–Crippen MR) is 94.7 cm³/mol. The minimum absolute atomic E-state index is 0. The summed E-state index contributed by atoms with van der Waals surface area (Å²) in [7, 11) is 0. The van der Waals surface area contributed by atoms with Crippen molar-refractivity contribution in [1.29, 1.82) is 0 Å². The van der Waals surface area contributed by atoms with Crippen LogP contribution in [0.2, 0.25) is 0 Å². The molecule has 2 heterocycles. The Kier molecular flexibility index (Phi) is 7.41. The summed E-state index contributed by atoms with van der Waals surface area (Å²) in [5.41, 5.74) is 0.851. The van der Waals surface area contributed by atoms with Gasteiger partial charge in [-0.25, -0.2) is 0 Å². The Bertz CT molecular complexity index is 583. The normalized spacial score (nSPS) is 26.6. The third kappa shape index (κ3) is 4.93. The SMILES string of the molecule is C.CC.CC(=O)C1OC(C)(C)OC(c2ccc3c(c2)OCO3)CC1O. The van der Waals surface area contributed by atoms with Crippen molar-refractivity contribution in [3.05, 3.63) is 23.8 Å². The molecule has 6 heteroatoms. The topological polar surface area (TPSA) is 74.2 Å². The standard InChI is InChI=1S/C16H20O6.C2H6.CH4/c1-9(17)15-11(18)7-13(21-16(2,3)22-15)10-4-5-12-14(6-10)20-8-19-12;1-2;/h4-6,11,13,15,18H,7-8H2,1-3H3;1-2H3;1H4. The molecule has 3 unspecified atom stereocenters. The van der Waals surface area contributed by atoms with E-state index >= 15 is 0 Å². The van der Waals surface area contributed by atoms with Crippen molar-refractivity contribution in [2.75, 3.05) is 6.79 Å². The highest BCUT2D eigenvalue weighted by Crippen LogP contribution is 2.39. The van der Waals surface area contributed by atoms with Crippen LogP contribution in [-0.4, -0.2) is 35.7 Å². The fourth-order valence-corrected chi connectivity index (χ4v) is 2.82. The van der Waals surface area contributed by atoms with Crippen molar-refractivity contribution in [2.24, 2.45) is 0 Å². The number of ketones is 1. The van der Waals surface area contributed by atoms with Crippen molar-refractivity contribution >= 4 is 5.78 Å². The van der Waals surface area contributed by atoms with Crippen LogP contribution in [0.3, 0.4) is 0 Å². The number of Topliss-reactive ketones (excluding diaryl/α,β-unsaturated/α-hetero) is 1. The van der Waals surface area contributed by atoms with Crippen LogP contribution in [-0.2, 0) is 14.3 Å². The zero-order valence-corrected chi connectivity index (χ0v) is 14.9. The molecule has 1 saturated heterocycles. The van der Waals surface area contributed by atoms with Crippen LogP contribution >= 0.6 is 0 Å². The summed E-state index contributed by atoms with van der Waals surface area (Å²) in [5, 5.41) is 10.3. The molecule has 1 aromatic rings. The van der Waals surface area contributed by atoms with Gasteiger partial charge in [0.2, 0.25) is 6.79 Å². The first-order chi connectivity index (χ1) is 11.4. The lowest BCUT2D eigenvalue weighted by atomic mass is 9.99. The Morgan fingerprint density at radius 3 is 2.44 bits per heavy atom. The molecule has 1 N–H and O–H groups in total. The summed E-state index contributed by atoms with van der Waals surface area (Å²) in [4.78, 5) is 11.7. The molecule has 0 saturated carbocycles. The first-order valence-electron chi connectivity index (χ1n) is 8.29. The fourth-order valence-electron chi connectivity index (χ4n) is 2.82. The molecule has 25 heavy (non-hydrogen) atoms. The molecule has 0 amide bonds. The molecule has 3 atom stereocenters. The molecule has 0 radical (unpaired) electrons. The lowest BCUT2D eigenvalue weighted by Crippen LogP contribution is -2.40. The van der Waals surface area contributed by atoms with E-state index in [9.17, 15) is 9.90 Å². The van der Waals surface area contributed by atoms with Gasteiger partial charge >= 0.3 is 0 Å². The zero-order valence-electron chi connectivity index (χ0n) is 14.9. The Labute approximate surface area is 150 Å². The quantitative estimate of drug-likeness (QED) is 0.874. The minimum Gasteiger partial charge on any atom is -0.454 e. The summed E-state index contributed by atoms with van der Waals surface area (Å²) < 4.78 is 22.3. The van der Waals surface area contributed by atoms with Crippen LogP contribution in [0.15, 0.2) is 18.2 Å². The molecular weight excluding hydrogens is 324 g/mol. The molecule has 3 rings (SSSR count). The van der Waals surface area contributed by atoms with Crippen LogP contribution in [0.25, 0.3) is 0 Å². The number of aliphatic hydroxyl groups is 1. The summed E-state index contributed by atoms with van der Waals surface area (Å²) in [5.74, 6) is 0.154. The van der Waals surface area contributed by atoms with Crippen LogP contribution < -0.4 is 9.47 Å². The number of fused-ring (bicyclic) bond motifs is 1. The van der Waals surface area contributed by atoms with Crippen molar-refractivity contribution in [3.63, 3.8) is 0 Å². The molecule has 0 aliphatic carbocycles. The Hall–Kier alpha value is -1.63. The van der Waals surface area contributed by atoms with Crippen molar-refractivity contribution in [3.8, 4) is 11.5 Å². The second-order valence-electron chi connectivity index (χ2n) is 6.07.